The Morgan fingerprint density at radius 3 is 2.33 bits per heavy atom. The van der Waals surface area contributed by atoms with Gasteiger partial charge in [-0.25, -0.2) is 0 Å². The SMILES string of the molecule is CCOC(=O)C(C)(CC(C)N(CC)CCCN(C)C)NC. The fourth-order valence-electron chi connectivity index (χ4n) is 2.58. The Morgan fingerprint density at radius 1 is 1.29 bits per heavy atom. The van der Waals surface area contributed by atoms with Gasteiger partial charge < -0.3 is 19.9 Å². The lowest BCUT2D eigenvalue weighted by molar-refractivity contribution is -0.151. The minimum atomic E-state index is -0.621. The van der Waals surface area contributed by atoms with E-state index in [9.17, 15) is 4.79 Å². The lowest BCUT2D eigenvalue weighted by Crippen LogP contribution is -2.53. The molecule has 1 N–H and O–H groups in total. The molecule has 0 radical (unpaired) electrons. The van der Waals surface area contributed by atoms with E-state index in [4.69, 9.17) is 4.74 Å². The molecule has 0 fully saturated rings. The van der Waals surface area contributed by atoms with E-state index in [1.807, 2.05) is 20.9 Å². The van der Waals surface area contributed by atoms with Gasteiger partial charge in [-0.05, 0) is 74.4 Å². The van der Waals surface area contributed by atoms with Crippen LogP contribution in [0.4, 0.5) is 0 Å². The van der Waals surface area contributed by atoms with E-state index in [2.05, 4.69) is 43.1 Å². The van der Waals surface area contributed by atoms with Crippen molar-refractivity contribution in [3.05, 3.63) is 0 Å². The van der Waals surface area contributed by atoms with Crippen LogP contribution in [0.5, 0.6) is 0 Å². The van der Waals surface area contributed by atoms with Crippen molar-refractivity contribution in [3.63, 3.8) is 0 Å². The van der Waals surface area contributed by atoms with Gasteiger partial charge in [0.1, 0.15) is 5.54 Å². The summed E-state index contributed by atoms with van der Waals surface area (Å²) in [4.78, 5) is 16.8. The van der Waals surface area contributed by atoms with Gasteiger partial charge in [0, 0.05) is 6.04 Å². The fraction of sp³-hybridized carbons (Fsp3) is 0.938. The highest BCUT2D eigenvalue weighted by molar-refractivity contribution is 5.80. The number of likely N-dealkylation sites (N-methyl/N-ethyl adjacent to an activating group) is 1. The normalized spacial score (nSPS) is 16.0. The summed E-state index contributed by atoms with van der Waals surface area (Å²) in [5, 5.41) is 3.14. The second kappa shape index (κ2) is 10.1. The van der Waals surface area contributed by atoms with E-state index in [0.717, 1.165) is 32.5 Å². The molecule has 5 nitrogen and oxygen atoms in total. The van der Waals surface area contributed by atoms with Gasteiger partial charge in [0.25, 0.3) is 0 Å². The number of hydrogen-bond donors (Lipinski definition) is 1. The van der Waals surface area contributed by atoms with Gasteiger partial charge in [-0.2, -0.15) is 0 Å². The average Bonchev–Trinajstić information content (AvgIpc) is 2.43. The number of hydrogen-bond acceptors (Lipinski definition) is 5. The quantitative estimate of drug-likeness (QED) is 0.587. The van der Waals surface area contributed by atoms with Crippen LogP contribution >= 0.6 is 0 Å². The third-order valence-electron chi connectivity index (χ3n) is 4.06. The van der Waals surface area contributed by atoms with Crippen molar-refractivity contribution in [2.75, 3.05) is 47.4 Å². The molecule has 0 rings (SSSR count). The van der Waals surface area contributed by atoms with Gasteiger partial charge in [-0.3, -0.25) is 4.79 Å². The molecule has 0 aromatic heterocycles. The molecule has 5 heteroatoms. The van der Waals surface area contributed by atoms with Gasteiger partial charge in [-0.1, -0.05) is 6.92 Å². The topological polar surface area (TPSA) is 44.8 Å². The first-order chi connectivity index (χ1) is 9.80. The molecule has 0 aliphatic heterocycles. The number of carbonyl (C=O) groups excluding carboxylic acids is 1. The Kier molecular flexibility index (Phi) is 9.83. The third-order valence-corrected chi connectivity index (χ3v) is 4.06. The van der Waals surface area contributed by atoms with Gasteiger partial charge >= 0.3 is 5.97 Å². The van der Waals surface area contributed by atoms with E-state index < -0.39 is 5.54 Å². The van der Waals surface area contributed by atoms with Crippen LogP contribution in [0, 0.1) is 0 Å². The molecule has 0 heterocycles. The molecule has 2 atom stereocenters. The Morgan fingerprint density at radius 2 is 1.90 bits per heavy atom. The monoisotopic (exact) mass is 301 g/mol. The maximum absolute atomic E-state index is 12.1. The summed E-state index contributed by atoms with van der Waals surface area (Å²) >= 11 is 0. The molecule has 2 unspecified atom stereocenters. The van der Waals surface area contributed by atoms with Crippen molar-refractivity contribution in [3.8, 4) is 0 Å². The lowest BCUT2D eigenvalue weighted by atomic mass is 9.93. The minimum Gasteiger partial charge on any atom is -0.465 e. The average molecular weight is 301 g/mol. The highest BCUT2D eigenvalue weighted by atomic mass is 16.5. The van der Waals surface area contributed by atoms with Crippen molar-refractivity contribution in [2.45, 2.75) is 52.1 Å². The van der Waals surface area contributed by atoms with Crippen LogP contribution in [0.1, 0.15) is 40.5 Å². The Balaban J connectivity index is 4.57. The number of nitrogens with one attached hydrogen (secondary N) is 1. The third kappa shape index (κ3) is 7.25. The molecule has 0 aliphatic carbocycles. The molecule has 0 amide bonds. The highest BCUT2D eigenvalue weighted by Gasteiger charge is 2.35. The maximum atomic E-state index is 12.1. The van der Waals surface area contributed by atoms with Gasteiger partial charge in [0.15, 0.2) is 0 Å². The van der Waals surface area contributed by atoms with Crippen molar-refractivity contribution in [2.24, 2.45) is 0 Å². The number of ether oxygens (including phenoxy) is 1. The van der Waals surface area contributed by atoms with Crippen molar-refractivity contribution in [1.29, 1.82) is 0 Å². The summed E-state index contributed by atoms with van der Waals surface area (Å²) in [7, 11) is 6.02. The lowest BCUT2D eigenvalue weighted by Gasteiger charge is -2.35. The number of rotatable bonds is 11. The minimum absolute atomic E-state index is 0.163. The Hall–Kier alpha value is -0.650. The number of nitrogens with zero attached hydrogens (tertiary/aromatic N) is 2. The summed E-state index contributed by atoms with van der Waals surface area (Å²) in [5.74, 6) is -0.163. The highest BCUT2D eigenvalue weighted by Crippen LogP contribution is 2.18. The molecule has 0 saturated heterocycles. The zero-order valence-corrected chi connectivity index (χ0v) is 15.0. The van der Waals surface area contributed by atoms with E-state index in [1.165, 1.54) is 0 Å². The molecule has 0 bridgehead atoms. The summed E-state index contributed by atoms with van der Waals surface area (Å²) in [6, 6.07) is 0.332. The second-order valence-corrected chi connectivity index (χ2v) is 6.14. The summed E-state index contributed by atoms with van der Waals surface area (Å²) in [6.45, 7) is 11.7. The summed E-state index contributed by atoms with van der Waals surface area (Å²) in [5.41, 5.74) is -0.621. The van der Waals surface area contributed by atoms with Crippen LogP contribution in [0.2, 0.25) is 0 Å². The molecule has 0 aromatic carbocycles. The molecule has 126 valence electrons. The van der Waals surface area contributed by atoms with Crippen LogP contribution < -0.4 is 5.32 Å². The zero-order chi connectivity index (χ0) is 16.5. The molecule has 0 saturated carbocycles. The Labute approximate surface area is 131 Å². The van der Waals surface area contributed by atoms with Crippen LogP contribution in [0.15, 0.2) is 0 Å². The smallest absolute Gasteiger partial charge is 0.326 e. The molecule has 21 heavy (non-hydrogen) atoms. The molecular weight excluding hydrogens is 266 g/mol. The first kappa shape index (κ1) is 20.3. The van der Waals surface area contributed by atoms with E-state index in [1.54, 1.807) is 0 Å². The molecule has 0 aliphatic rings. The fourth-order valence-corrected chi connectivity index (χ4v) is 2.58. The molecule has 0 aromatic rings. The van der Waals surface area contributed by atoms with Crippen LogP contribution in [-0.4, -0.2) is 74.7 Å². The first-order valence-corrected chi connectivity index (χ1v) is 8.05. The van der Waals surface area contributed by atoms with Crippen molar-refractivity contribution < 1.29 is 9.53 Å². The summed E-state index contributed by atoms with van der Waals surface area (Å²) < 4.78 is 5.20. The predicted molar refractivity (Wildman–Crippen MR) is 88.6 cm³/mol. The van der Waals surface area contributed by atoms with Crippen molar-refractivity contribution in [1.82, 2.24) is 15.1 Å². The van der Waals surface area contributed by atoms with E-state index in [-0.39, 0.29) is 5.97 Å². The van der Waals surface area contributed by atoms with Crippen LogP contribution in [0.25, 0.3) is 0 Å². The second-order valence-electron chi connectivity index (χ2n) is 6.14. The standard InChI is InChI=1S/C16H35N3O2/c1-8-19(12-10-11-18(6)7)14(3)13-16(4,17-5)15(20)21-9-2/h14,17H,8-13H2,1-7H3. The zero-order valence-electron chi connectivity index (χ0n) is 15.0. The van der Waals surface area contributed by atoms with Gasteiger partial charge in [-0.15, -0.1) is 0 Å². The van der Waals surface area contributed by atoms with E-state index in [0.29, 0.717) is 12.6 Å². The summed E-state index contributed by atoms with van der Waals surface area (Å²) in [6.07, 6.45) is 1.89. The largest absolute Gasteiger partial charge is 0.465 e. The number of esters is 1. The van der Waals surface area contributed by atoms with Crippen molar-refractivity contribution >= 4 is 5.97 Å². The predicted octanol–water partition coefficient (Wildman–Crippen LogP) is 1.58. The maximum Gasteiger partial charge on any atom is 0.326 e. The number of carbonyl (C=O) groups is 1. The van der Waals surface area contributed by atoms with Gasteiger partial charge in [0.2, 0.25) is 0 Å². The van der Waals surface area contributed by atoms with Gasteiger partial charge in [0.05, 0.1) is 6.61 Å². The molecular formula is C16H35N3O2. The first-order valence-electron chi connectivity index (χ1n) is 8.05. The van der Waals surface area contributed by atoms with Crippen LogP contribution in [-0.2, 0) is 9.53 Å². The van der Waals surface area contributed by atoms with Crippen LogP contribution in [0.3, 0.4) is 0 Å². The van der Waals surface area contributed by atoms with E-state index >= 15 is 0 Å². The Bertz CT molecular complexity index is 297. The molecule has 0 spiro atoms.